The summed E-state index contributed by atoms with van der Waals surface area (Å²) < 4.78 is 29.8. The molecule has 1 aliphatic carbocycles. The van der Waals surface area contributed by atoms with Crippen LogP contribution in [0.15, 0.2) is 30.6 Å². The van der Waals surface area contributed by atoms with Gasteiger partial charge < -0.3 is 26.1 Å². The average Bonchev–Trinajstić information content (AvgIpc) is 3.23. The first-order valence-corrected chi connectivity index (χ1v) is 10.6. The molecule has 11 heteroatoms. The van der Waals surface area contributed by atoms with Gasteiger partial charge in [0.15, 0.2) is 5.65 Å². The van der Waals surface area contributed by atoms with E-state index >= 15 is 0 Å². The molecule has 1 aromatic carbocycles. The van der Waals surface area contributed by atoms with Crippen molar-refractivity contribution in [3.63, 3.8) is 0 Å². The molecule has 1 aliphatic rings. The van der Waals surface area contributed by atoms with Gasteiger partial charge in [0.1, 0.15) is 17.0 Å². The molecule has 1 fully saturated rings. The lowest BCUT2D eigenvalue weighted by Crippen LogP contribution is -2.40. The number of nitrogens with zero attached hydrogens (tertiary/aromatic N) is 2. The number of carbonyl (C=O) groups is 1. The summed E-state index contributed by atoms with van der Waals surface area (Å²) in [5, 5.41) is 14.6. The van der Waals surface area contributed by atoms with Crippen molar-refractivity contribution in [3.8, 4) is 5.75 Å². The third kappa shape index (κ3) is 4.92. The first-order valence-electron chi connectivity index (χ1n) is 10.6. The van der Waals surface area contributed by atoms with Crippen LogP contribution in [0.4, 0.5) is 14.5 Å². The predicted molar refractivity (Wildman–Crippen MR) is 120 cm³/mol. The van der Waals surface area contributed by atoms with E-state index in [1.807, 2.05) is 0 Å². The van der Waals surface area contributed by atoms with Crippen molar-refractivity contribution in [2.45, 2.75) is 44.4 Å². The van der Waals surface area contributed by atoms with Crippen LogP contribution in [0, 0.1) is 5.41 Å². The number of aromatic nitrogens is 3. The molecule has 4 rings (SSSR count). The standard InChI is InChI=1S/C22H25F2N7O2/c1-27-16-7-6-13(33-22(23)24)8-14(16)18(26)17-10-29-20-19(31-17)15(9-28-20)21(32)30-12-4-2-11(25)3-5-12/h6-12,22,26-27H,2-5,25H2,1H3,(H,28,29)(H,30,32). The third-order valence-corrected chi connectivity index (χ3v) is 5.74. The molecule has 174 valence electrons. The molecule has 2 aromatic heterocycles. The van der Waals surface area contributed by atoms with E-state index in [1.54, 1.807) is 13.1 Å². The molecule has 9 nitrogen and oxygen atoms in total. The maximum atomic E-state index is 12.9. The van der Waals surface area contributed by atoms with Gasteiger partial charge in [-0.25, -0.2) is 9.97 Å². The number of halogens is 2. The van der Waals surface area contributed by atoms with Crippen LogP contribution in [0.1, 0.15) is 47.3 Å². The van der Waals surface area contributed by atoms with Crippen LogP contribution in [-0.2, 0) is 0 Å². The van der Waals surface area contributed by atoms with E-state index in [2.05, 4.69) is 30.3 Å². The summed E-state index contributed by atoms with van der Waals surface area (Å²) in [6, 6.07) is 4.49. The molecule has 0 aliphatic heterocycles. The fourth-order valence-corrected chi connectivity index (χ4v) is 3.97. The van der Waals surface area contributed by atoms with E-state index in [9.17, 15) is 13.6 Å². The molecule has 0 atom stereocenters. The van der Waals surface area contributed by atoms with Crippen LogP contribution in [0.3, 0.4) is 0 Å². The zero-order chi connectivity index (χ0) is 23.5. The molecule has 0 radical (unpaired) electrons. The van der Waals surface area contributed by atoms with Crippen molar-refractivity contribution in [3.05, 3.63) is 47.4 Å². The van der Waals surface area contributed by atoms with E-state index in [0.717, 1.165) is 25.7 Å². The topological polar surface area (TPSA) is 142 Å². The Labute approximate surface area is 188 Å². The lowest BCUT2D eigenvalue weighted by Gasteiger charge is -2.26. The number of alkyl halides is 2. The average molecular weight is 457 g/mol. The van der Waals surface area contributed by atoms with E-state index in [4.69, 9.17) is 11.1 Å². The van der Waals surface area contributed by atoms with Gasteiger partial charge in [-0.2, -0.15) is 8.78 Å². The first kappa shape index (κ1) is 22.6. The van der Waals surface area contributed by atoms with Gasteiger partial charge in [0.05, 0.1) is 17.5 Å². The predicted octanol–water partition coefficient (Wildman–Crippen LogP) is 3.02. The van der Waals surface area contributed by atoms with E-state index in [0.29, 0.717) is 28.0 Å². The van der Waals surface area contributed by atoms with Gasteiger partial charge in [-0.05, 0) is 43.9 Å². The maximum Gasteiger partial charge on any atom is 0.387 e. The Bertz CT molecular complexity index is 1170. The van der Waals surface area contributed by atoms with Crippen LogP contribution < -0.4 is 21.1 Å². The summed E-state index contributed by atoms with van der Waals surface area (Å²) >= 11 is 0. The second-order valence-electron chi connectivity index (χ2n) is 7.95. The second kappa shape index (κ2) is 9.49. The van der Waals surface area contributed by atoms with Gasteiger partial charge in [-0.1, -0.05) is 0 Å². The number of H-pyrrole nitrogens is 1. The van der Waals surface area contributed by atoms with Crippen LogP contribution in [0.25, 0.3) is 11.2 Å². The maximum absolute atomic E-state index is 12.9. The molecule has 3 aromatic rings. The van der Waals surface area contributed by atoms with Gasteiger partial charge >= 0.3 is 6.61 Å². The highest BCUT2D eigenvalue weighted by Crippen LogP contribution is 2.26. The Morgan fingerprint density at radius 2 is 2.03 bits per heavy atom. The zero-order valence-corrected chi connectivity index (χ0v) is 18.0. The summed E-state index contributed by atoms with van der Waals surface area (Å²) in [5.41, 5.74) is 7.97. The van der Waals surface area contributed by atoms with E-state index in [-0.39, 0.29) is 35.1 Å². The molecule has 1 amide bonds. The largest absolute Gasteiger partial charge is 0.435 e. The summed E-state index contributed by atoms with van der Waals surface area (Å²) in [5.74, 6) is -0.352. The van der Waals surface area contributed by atoms with Gasteiger partial charge in [-0.15, -0.1) is 0 Å². The number of hydrogen-bond acceptors (Lipinski definition) is 7. The Kier molecular flexibility index (Phi) is 6.50. The van der Waals surface area contributed by atoms with E-state index < -0.39 is 6.61 Å². The summed E-state index contributed by atoms with van der Waals surface area (Å²) in [6.07, 6.45) is 6.30. The lowest BCUT2D eigenvalue weighted by atomic mass is 9.92. The van der Waals surface area contributed by atoms with Crippen molar-refractivity contribution in [1.82, 2.24) is 20.3 Å². The number of fused-ring (bicyclic) bond motifs is 1. The van der Waals surface area contributed by atoms with E-state index in [1.165, 1.54) is 24.5 Å². The van der Waals surface area contributed by atoms with Crippen molar-refractivity contribution in [2.75, 3.05) is 12.4 Å². The summed E-state index contributed by atoms with van der Waals surface area (Å²) in [6.45, 7) is -2.98. The zero-order valence-electron chi connectivity index (χ0n) is 18.0. The van der Waals surface area contributed by atoms with Crippen LogP contribution >= 0.6 is 0 Å². The van der Waals surface area contributed by atoms with Crippen molar-refractivity contribution in [2.24, 2.45) is 5.73 Å². The molecule has 33 heavy (non-hydrogen) atoms. The minimum Gasteiger partial charge on any atom is -0.435 e. The number of benzene rings is 1. The molecule has 0 spiro atoms. The molecule has 1 saturated carbocycles. The van der Waals surface area contributed by atoms with Crippen LogP contribution in [0.5, 0.6) is 5.75 Å². The number of hydrogen-bond donors (Lipinski definition) is 5. The van der Waals surface area contributed by atoms with Gasteiger partial charge in [-0.3, -0.25) is 10.2 Å². The number of nitrogens with two attached hydrogens (primary N) is 1. The number of carbonyl (C=O) groups excluding carboxylic acids is 1. The van der Waals surface area contributed by atoms with Gasteiger partial charge in [0, 0.05) is 36.6 Å². The summed E-state index contributed by atoms with van der Waals surface area (Å²) in [7, 11) is 1.65. The SMILES string of the molecule is CNc1ccc(OC(F)F)cc1C(=N)c1cnc2[nH]cc(C(=O)NC3CCC(N)CC3)c2n1. The Morgan fingerprint density at radius 3 is 2.73 bits per heavy atom. The highest BCUT2D eigenvalue weighted by Gasteiger charge is 2.23. The minimum absolute atomic E-state index is 0.0486. The number of aromatic amines is 1. The second-order valence-corrected chi connectivity index (χ2v) is 7.95. The quantitative estimate of drug-likeness (QED) is 0.345. The molecule has 0 saturated heterocycles. The Balaban J connectivity index is 1.62. The van der Waals surface area contributed by atoms with Crippen LogP contribution in [0.2, 0.25) is 0 Å². The minimum atomic E-state index is -2.98. The number of anilines is 1. The number of rotatable bonds is 7. The molecule has 0 bridgehead atoms. The monoisotopic (exact) mass is 457 g/mol. The fraction of sp³-hybridized carbons (Fsp3) is 0.364. The molecule has 0 unspecified atom stereocenters. The number of ether oxygens (including phenoxy) is 1. The highest BCUT2D eigenvalue weighted by molar-refractivity contribution is 6.14. The molecular formula is C22H25F2N7O2. The first-order chi connectivity index (χ1) is 15.9. The number of nitrogens with one attached hydrogen (secondary N) is 4. The van der Waals surface area contributed by atoms with Gasteiger partial charge in [0.25, 0.3) is 5.91 Å². The molecular weight excluding hydrogens is 432 g/mol. The highest BCUT2D eigenvalue weighted by atomic mass is 19.3. The lowest BCUT2D eigenvalue weighted by molar-refractivity contribution is -0.0498. The van der Waals surface area contributed by atoms with Crippen molar-refractivity contribution < 1.29 is 18.3 Å². The fourth-order valence-electron chi connectivity index (χ4n) is 3.97. The van der Waals surface area contributed by atoms with Crippen LogP contribution in [-0.4, -0.2) is 52.3 Å². The molecule has 6 N–H and O–H groups in total. The van der Waals surface area contributed by atoms with Crippen molar-refractivity contribution >= 4 is 28.5 Å². The third-order valence-electron chi connectivity index (χ3n) is 5.74. The van der Waals surface area contributed by atoms with Gasteiger partial charge in [0.2, 0.25) is 0 Å². The Morgan fingerprint density at radius 1 is 1.27 bits per heavy atom. The molecule has 2 heterocycles. The van der Waals surface area contributed by atoms with Crippen molar-refractivity contribution in [1.29, 1.82) is 5.41 Å². The number of amides is 1. The smallest absolute Gasteiger partial charge is 0.387 e. The normalized spacial score (nSPS) is 18.3. The Hall–Kier alpha value is -3.60. The summed E-state index contributed by atoms with van der Waals surface area (Å²) in [4.78, 5) is 24.6.